The zero-order valence-corrected chi connectivity index (χ0v) is 14.3. The van der Waals surface area contributed by atoms with Crippen LogP contribution in [-0.4, -0.2) is 61.0 Å². The monoisotopic (exact) mass is 336 g/mol. The Balaban J connectivity index is 1.73. The smallest absolute Gasteiger partial charge is 0.237 e. The Hall–Kier alpha value is -1.10. The number of ether oxygens (including phenoxy) is 1. The highest BCUT2D eigenvalue weighted by Gasteiger charge is 2.33. The van der Waals surface area contributed by atoms with Crippen LogP contribution in [0.1, 0.15) is 24.4 Å². The standard InChI is InChI=1S/C18H25ClN2O2/c19-14-17(22)20-8-10-21(11-9-20)18(15-4-2-1-3-5-15)16-6-12-23-13-7-16/h1-5,16,18H,6-14H2. The van der Waals surface area contributed by atoms with Gasteiger partial charge in [-0.15, -0.1) is 11.6 Å². The summed E-state index contributed by atoms with van der Waals surface area (Å²) in [6.45, 7) is 5.10. The normalized spacial score (nSPS) is 22.0. The predicted octanol–water partition coefficient (Wildman–Crippen LogP) is 2.54. The van der Waals surface area contributed by atoms with Gasteiger partial charge in [0.15, 0.2) is 0 Å². The first-order valence-electron chi connectivity index (χ1n) is 8.50. The van der Waals surface area contributed by atoms with Crippen LogP contribution in [0.3, 0.4) is 0 Å². The molecule has 126 valence electrons. The lowest BCUT2D eigenvalue weighted by Gasteiger charge is -2.43. The molecule has 1 amide bonds. The molecule has 0 spiro atoms. The van der Waals surface area contributed by atoms with Crippen molar-refractivity contribution in [2.45, 2.75) is 18.9 Å². The number of carbonyl (C=O) groups excluding carboxylic acids is 1. The first kappa shape index (κ1) is 16.7. The Kier molecular flexibility index (Phi) is 5.92. The molecule has 2 heterocycles. The van der Waals surface area contributed by atoms with E-state index >= 15 is 0 Å². The van der Waals surface area contributed by atoms with Gasteiger partial charge in [0.05, 0.1) is 0 Å². The number of halogens is 1. The molecule has 0 aromatic heterocycles. The second-order valence-corrected chi connectivity index (χ2v) is 6.62. The van der Waals surface area contributed by atoms with Crippen molar-refractivity contribution < 1.29 is 9.53 Å². The van der Waals surface area contributed by atoms with E-state index in [4.69, 9.17) is 16.3 Å². The van der Waals surface area contributed by atoms with Gasteiger partial charge in [0.25, 0.3) is 0 Å². The van der Waals surface area contributed by atoms with Crippen molar-refractivity contribution in [3.8, 4) is 0 Å². The fourth-order valence-electron chi connectivity index (χ4n) is 3.80. The lowest BCUT2D eigenvalue weighted by Crippen LogP contribution is -2.51. The zero-order valence-electron chi connectivity index (χ0n) is 13.5. The Morgan fingerprint density at radius 1 is 1.13 bits per heavy atom. The average Bonchev–Trinajstić information content (AvgIpc) is 2.64. The zero-order chi connectivity index (χ0) is 16.1. The third kappa shape index (κ3) is 4.06. The van der Waals surface area contributed by atoms with Crippen molar-refractivity contribution in [1.82, 2.24) is 9.80 Å². The van der Waals surface area contributed by atoms with E-state index in [-0.39, 0.29) is 11.8 Å². The Morgan fingerprint density at radius 3 is 2.39 bits per heavy atom. The van der Waals surface area contributed by atoms with E-state index in [9.17, 15) is 4.79 Å². The molecule has 2 aliphatic heterocycles. The van der Waals surface area contributed by atoms with Crippen LogP contribution < -0.4 is 0 Å². The molecule has 0 radical (unpaired) electrons. The fraction of sp³-hybridized carbons (Fsp3) is 0.611. The van der Waals surface area contributed by atoms with Gasteiger partial charge in [-0.2, -0.15) is 0 Å². The van der Waals surface area contributed by atoms with E-state index in [0.29, 0.717) is 12.0 Å². The van der Waals surface area contributed by atoms with Crippen molar-refractivity contribution in [1.29, 1.82) is 0 Å². The largest absolute Gasteiger partial charge is 0.381 e. The molecule has 0 N–H and O–H groups in total. The minimum absolute atomic E-state index is 0.0497. The molecule has 1 aromatic rings. The number of benzene rings is 1. The van der Waals surface area contributed by atoms with Crippen LogP contribution in [-0.2, 0) is 9.53 Å². The van der Waals surface area contributed by atoms with Gasteiger partial charge in [-0.05, 0) is 24.3 Å². The van der Waals surface area contributed by atoms with Crippen LogP contribution in [0, 0.1) is 5.92 Å². The lowest BCUT2D eigenvalue weighted by molar-refractivity contribution is -0.130. The van der Waals surface area contributed by atoms with E-state index in [1.807, 2.05) is 4.90 Å². The summed E-state index contributed by atoms with van der Waals surface area (Å²) < 4.78 is 5.55. The van der Waals surface area contributed by atoms with Gasteiger partial charge in [-0.1, -0.05) is 30.3 Å². The highest BCUT2D eigenvalue weighted by atomic mass is 35.5. The molecule has 1 atom stereocenters. The van der Waals surface area contributed by atoms with Crippen molar-refractivity contribution >= 4 is 17.5 Å². The summed E-state index contributed by atoms with van der Waals surface area (Å²) >= 11 is 5.68. The van der Waals surface area contributed by atoms with E-state index < -0.39 is 0 Å². The molecule has 3 rings (SSSR count). The van der Waals surface area contributed by atoms with E-state index in [1.54, 1.807) is 0 Å². The molecular formula is C18H25ClN2O2. The molecule has 1 aromatic carbocycles. The Morgan fingerprint density at radius 2 is 1.78 bits per heavy atom. The molecule has 0 aliphatic carbocycles. The molecule has 2 aliphatic rings. The van der Waals surface area contributed by atoms with Crippen LogP contribution in [0.2, 0.25) is 0 Å². The van der Waals surface area contributed by atoms with Crippen LogP contribution in [0.25, 0.3) is 0 Å². The number of nitrogens with zero attached hydrogens (tertiary/aromatic N) is 2. The number of hydrogen-bond acceptors (Lipinski definition) is 3. The molecule has 0 bridgehead atoms. The number of piperazine rings is 1. The maximum atomic E-state index is 11.8. The second-order valence-electron chi connectivity index (χ2n) is 6.36. The summed E-state index contributed by atoms with van der Waals surface area (Å²) in [5.41, 5.74) is 1.39. The minimum atomic E-state index is 0.0497. The summed E-state index contributed by atoms with van der Waals surface area (Å²) in [6.07, 6.45) is 2.22. The molecule has 23 heavy (non-hydrogen) atoms. The Bertz CT molecular complexity index is 497. The number of carbonyl (C=O) groups is 1. The second kappa shape index (κ2) is 8.13. The van der Waals surface area contributed by atoms with Gasteiger partial charge in [-0.25, -0.2) is 0 Å². The highest BCUT2D eigenvalue weighted by molar-refractivity contribution is 6.27. The van der Waals surface area contributed by atoms with Crippen LogP contribution in [0.5, 0.6) is 0 Å². The number of alkyl halides is 1. The third-order valence-electron chi connectivity index (χ3n) is 5.03. The summed E-state index contributed by atoms with van der Waals surface area (Å²) in [4.78, 5) is 16.2. The molecule has 4 nitrogen and oxygen atoms in total. The highest BCUT2D eigenvalue weighted by Crippen LogP contribution is 2.35. The van der Waals surface area contributed by atoms with E-state index in [0.717, 1.165) is 52.2 Å². The first-order valence-corrected chi connectivity index (χ1v) is 9.03. The number of amides is 1. The molecule has 2 fully saturated rings. The fourth-order valence-corrected chi connectivity index (χ4v) is 3.97. The summed E-state index contributed by atoms with van der Waals surface area (Å²) in [7, 11) is 0. The molecule has 1 unspecified atom stereocenters. The topological polar surface area (TPSA) is 32.8 Å². The van der Waals surface area contributed by atoms with Gasteiger partial charge in [0, 0.05) is 45.4 Å². The van der Waals surface area contributed by atoms with E-state index in [1.165, 1.54) is 5.56 Å². The lowest BCUT2D eigenvalue weighted by atomic mass is 9.85. The first-order chi connectivity index (χ1) is 11.3. The molecular weight excluding hydrogens is 312 g/mol. The van der Waals surface area contributed by atoms with Crippen molar-refractivity contribution in [3.63, 3.8) is 0 Å². The summed E-state index contributed by atoms with van der Waals surface area (Å²) in [6, 6.07) is 11.2. The summed E-state index contributed by atoms with van der Waals surface area (Å²) in [5, 5.41) is 0. The predicted molar refractivity (Wildman–Crippen MR) is 91.6 cm³/mol. The van der Waals surface area contributed by atoms with E-state index in [2.05, 4.69) is 35.2 Å². The van der Waals surface area contributed by atoms with Gasteiger partial charge >= 0.3 is 0 Å². The SMILES string of the molecule is O=C(CCl)N1CCN(C(c2ccccc2)C2CCOCC2)CC1. The third-order valence-corrected chi connectivity index (χ3v) is 5.26. The van der Waals surface area contributed by atoms with Crippen molar-refractivity contribution in [2.75, 3.05) is 45.3 Å². The number of rotatable bonds is 4. The van der Waals surface area contributed by atoms with Crippen molar-refractivity contribution in [2.24, 2.45) is 5.92 Å². The van der Waals surface area contributed by atoms with Crippen LogP contribution in [0.4, 0.5) is 0 Å². The van der Waals surface area contributed by atoms with Crippen LogP contribution >= 0.6 is 11.6 Å². The maximum absolute atomic E-state index is 11.8. The van der Waals surface area contributed by atoms with Gasteiger partial charge in [-0.3, -0.25) is 9.69 Å². The van der Waals surface area contributed by atoms with Crippen molar-refractivity contribution in [3.05, 3.63) is 35.9 Å². The van der Waals surface area contributed by atoms with Gasteiger partial charge in [0.1, 0.15) is 5.88 Å². The minimum Gasteiger partial charge on any atom is -0.381 e. The molecule has 5 heteroatoms. The quantitative estimate of drug-likeness (QED) is 0.792. The van der Waals surface area contributed by atoms with Gasteiger partial charge in [0.2, 0.25) is 5.91 Å². The summed E-state index contributed by atoms with van der Waals surface area (Å²) in [5.74, 6) is 0.761. The molecule has 0 saturated carbocycles. The van der Waals surface area contributed by atoms with Gasteiger partial charge < -0.3 is 9.64 Å². The average molecular weight is 337 g/mol. The van der Waals surface area contributed by atoms with Crippen LogP contribution in [0.15, 0.2) is 30.3 Å². The molecule has 2 saturated heterocycles. The maximum Gasteiger partial charge on any atom is 0.237 e. The number of hydrogen-bond donors (Lipinski definition) is 0. The Labute approximate surface area is 143 Å².